The van der Waals surface area contributed by atoms with E-state index in [9.17, 15) is 4.79 Å². The zero-order chi connectivity index (χ0) is 13.4. The van der Waals surface area contributed by atoms with Crippen molar-refractivity contribution in [1.82, 2.24) is 5.32 Å². The maximum Gasteiger partial charge on any atom is 0.244 e. The summed E-state index contributed by atoms with van der Waals surface area (Å²) in [7, 11) is 0. The van der Waals surface area contributed by atoms with Crippen molar-refractivity contribution in [2.24, 2.45) is 5.41 Å². The molecular formula is C15H21NO2. The topological polar surface area (TPSA) is 49.3 Å². The predicted octanol–water partition coefficient (Wildman–Crippen LogP) is 2.22. The van der Waals surface area contributed by atoms with Crippen LogP contribution in [0.1, 0.15) is 25.8 Å². The minimum absolute atomic E-state index is 0.0784. The summed E-state index contributed by atoms with van der Waals surface area (Å²) in [5.74, 6) is -0.107. The van der Waals surface area contributed by atoms with Gasteiger partial charge in [0.05, 0.1) is 0 Å². The number of benzene rings is 1. The lowest BCUT2D eigenvalue weighted by Gasteiger charge is -2.23. The van der Waals surface area contributed by atoms with E-state index in [1.54, 1.807) is 6.08 Å². The molecule has 0 atom stereocenters. The summed E-state index contributed by atoms with van der Waals surface area (Å²) in [6, 6.07) is 9.69. The number of nitrogens with one attached hydrogen (secondary N) is 1. The standard InChI is InChI=1S/C15H21NO2/c1-15(2,10-11-17)12-16-14(18)9-8-13-6-4-3-5-7-13/h3-9,17H,10-12H2,1-2H3,(H,16,18)/b9-8+. The number of aliphatic hydroxyl groups excluding tert-OH is 1. The molecule has 0 unspecified atom stereocenters. The van der Waals surface area contributed by atoms with Gasteiger partial charge in [-0.3, -0.25) is 4.79 Å². The van der Waals surface area contributed by atoms with Gasteiger partial charge in [-0.05, 0) is 23.5 Å². The van der Waals surface area contributed by atoms with Crippen LogP contribution in [-0.4, -0.2) is 24.2 Å². The number of hydrogen-bond acceptors (Lipinski definition) is 2. The Morgan fingerprint density at radius 2 is 2.00 bits per heavy atom. The fourth-order valence-electron chi connectivity index (χ4n) is 1.51. The van der Waals surface area contributed by atoms with Gasteiger partial charge in [0.15, 0.2) is 0 Å². The molecule has 2 N–H and O–H groups in total. The Morgan fingerprint density at radius 1 is 1.33 bits per heavy atom. The van der Waals surface area contributed by atoms with Gasteiger partial charge >= 0.3 is 0 Å². The van der Waals surface area contributed by atoms with Gasteiger partial charge in [-0.15, -0.1) is 0 Å². The number of rotatable bonds is 6. The minimum Gasteiger partial charge on any atom is -0.396 e. The molecule has 0 aliphatic carbocycles. The maximum atomic E-state index is 11.6. The first-order valence-electron chi connectivity index (χ1n) is 6.15. The Balaban J connectivity index is 2.41. The second-order valence-corrected chi connectivity index (χ2v) is 5.10. The molecule has 1 amide bonds. The molecule has 0 aliphatic heterocycles. The molecule has 0 fully saturated rings. The molecule has 0 saturated carbocycles. The first-order valence-corrected chi connectivity index (χ1v) is 6.15. The largest absolute Gasteiger partial charge is 0.396 e. The Kier molecular flexibility index (Phi) is 5.59. The molecule has 18 heavy (non-hydrogen) atoms. The van der Waals surface area contributed by atoms with Gasteiger partial charge in [0, 0.05) is 19.2 Å². The molecule has 98 valence electrons. The molecule has 3 nitrogen and oxygen atoms in total. The van der Waals surface area contributed by atoms with Crippen LogP contribution >= 0.6 is 0 Å². The van der Waals surface area contributed by atoms with Crippen molar-refractivity contribution in [2.45, 2.75) is 20.3 Å². The summed E-state index contributed by atoms with van der Waals surface area (Å²) in [6.07, 6.45) is 3.99. The van der Waals surface area contributed by atoms with Crippen molar-refractivity contribution >= 4 is 12.0 Å². The summed E-state index contributed by atoms with van der Waals surface area (Å²) >= 11 is 0. The third-order valence-corrected chi connectivity index (χ3v) is 2.76. The average Bonchev–Trinajstić information content (AvgIpc) is 2.35. The van der Waals surface area contributed by atoms with Crippen LogP contribution in [0, 0.1) is 5.41 Å². The number of amides is 1. The zero-order valence-corrected chi connectivity index (χ0v) is 11.0. The summed E-state index contributed by atoms with van der Waals surface area (Å²) in [4.78, 5) is 11.6. The first kappa shape index (κ1) is 14.5. The average molecular weight is 247 g/mol. The van der Waals surface area contributed by atoms with Crippen LogP contribution in [0.25, 0.3) is 6.08 Å². The highest BCUT2D eigenvalue weighted by atomic mass is 16.3. The molecule has 0 radical (unpaired) electrons. The van der Waals surface area contributed by atoms with E-state index in [4.69, 9.17) is 5.11 Å². The van der Waals surface area contributed by atoms with Crippen LogP contribution in [0.15, 0.2) is 36.4 Å². The molecule has 3 heteroatoms. The van der Waals surface area contributed by atoms with Gasteiger partial charge in [-0.2, -0.15) is 0 Å². The van der Waals surface area contributed by atoms with Crippen LogP contribution in [0.5, 0.6) is 0 Å². The first-order chi connectivity index (χ1) is 8.53. The molecule has 0 aliphatic rings. The summed E-state index contributed by atoms with van der Waals surface area (Å²) in [5, 5.41) is 11.7. The highest BCUT2D eigenvalue weighted by Gasteiger charge is 2.17. The summed E-state index contributed by atoms with van der Waals surface area (Å²) in [5.41, 5.74) is 0.924. The molecule has 0 aromatic heterocycles. The third-order valence-electron chi connectivity index (χ3n) is 2.76. The van der Waals surface area contributed by atoms with Crippen molar-refractivity contribution < 1.29 is 9.90 Å². The van der Waals surface area contributed by atoms with E-state index in [0.717, 1.165) is 5.56 Å². The van der Waals surface area contributed by atoms with Crippen LogP contribution in [0.4, 0.5) is 0 Å². The monoisotopic (exact) mass is 247 g/mol. The highest BCUT2D eigenvalue weighted by molar-refractivity contribution is 5.91. The second kappa shape index (κ2) is 6.97. The minimum atomic E-state index is -0.107. The SMILES string of the molecule is CC(C)(CCO)CNC(=O)/C=C/c1ccccc1. The molecule has 0 bridgehead atoms. The highest BCUT2D eigenvalue weighted by Crippen LogP contribution is 2.17. The number of hydrogen-bond donors (Lipinski definition) is 2. The number of carbonyl (C=O) groups excluding carboxylic acids is 1. The molecule has 1 rings (SSSR count). The molecular weight excluding hydrogens is 226 g/mol. The summed E-state index contributed by atoms with van der Waals surface area (Å²) in [6.45, 7) is 4.74. The second-order valence-electron chi connectivity index (χ2n) is 5.10. The van der Waals surface area contributed by atoms with E-state index in [1.807, 2.05) is 44.2 Å². The van der Waals surface area contributed by atoms with Gasteiger partial charge in [0.2, 0.25) is 5.91 Å². The molecule has 1 aromatic rings. The smallest absolute Gasteiger partial charge is 0.244 e. The zero-order valence-electron chi connectivity index (χ0n) is 11.0. The van der Waals surface area contributed by atoms with Crippen molar-refractivity contribution in [3.63, 3.8) is 0 Å². The molecule has 0 saturated heterocycles. The molecule has 1 aromatic carbocycles. The fourth-order valence-corrected chi connectivity index (χ4v) is 1.51. The Labute approximate surface area is 109 Å². The van der Waals surface area contributed by atoms with E-state index in [0.29, 0.717) is 13.0 Å². The van der Waals surface area contributed by atoms with Crippen molar-refractivity contribution in [3.05, 3.63) is 42.0 Å². The quantitative estimate of drug-likeness (QED) is 0.757. The molecule has 0 spiro atoms. The lowest BCUT2D eigenvalue weighted by atomic mass is 9.90. The van der Waals surface area contributed by atoms with Crippen LogP contribution < -0.4 is 5.32 Å². The van der Waals surface area contributed by atoms with E-state index < -0.39 is 0 Å². The van der Waals surface area contributed by atoms with Gasteiger partial charge < -0.3 is 10.4 Å². The van der Waals surface area contributed by atoms with Crippen molar-refractivity contribution in [3.8, 4) is 0 Å². The maximum absolute atomic E-state index is 11.6. The number of aliphatic hydroxyl groups is 1. The molecule has 0 heterocycles. The third kappa shape index (κ3) is 5.64. The van der Waals surface area contributed by atoms with E-state index in [2.05, 4.69) is 5.32 Å². The Bertz CT molecular complexity index is 396. The van der Waals surface area contributed by atoms with Crippen LogP contribution in [0.3, 0.4) is 0 Å². The van der Waals surface area contributed by atoms with E-state index >= 15 is 0 Å². The van der Waals surface area contributed by atoms with E-state index in [-0.39, 0.29) is 17.9 Å². The van der Waals surface area contributed by atoms with Gasteiger partial charge in [0.1, 0.15) is 0 Å². The van der Waals surface area contributed by atoms with Gasteiger partial charge in [0.25, 0.3) is 0 Å². The lowest BCUT2D eigenvalue weighted by Crippen LogP contribution is -2.33. The van der Waals surface area contributed by atoms with Crippen molar-refractivity contribution in [1.29, 1.82) is 0 Å². The van der Waals surface area contributed by atoms with Crippen molar-refractivity contribution in [2.75, 3.05) is 13.2 Å². The Morgan fingerprint density at radius 3 is 2.61 bits per heavy atom. The number of carbonyl (C=O) groups is 1. The van der Waals surface area contributed by atoms with Crippen LogP contribution in [0.2, 0.25) is 0 Å². The fraction of sp³-hybridized carbons (Fsp3) is 0.400. The Hall–Kier alpha value is -1.61. The predicted molar refractivity (Wildman–Crippen MR) is 74.0 cm³/mol. The lowest BCUT2D eigenvalue weighted by molar-refractivity contribution is -0.116. The normalized spacial score (nSPS) is 11.7. The van der Waals surface area contributed by atoms with Gasteiger partial charge in [-0.25, -0.2) is 0 Å². The van der Waals surface area contributed by atoms with Crippen LogP contribution in [-0.2, 0) is 4.79 Å². The summed E-state index contributed by atoms with van der Waals surface area (Å²) < 4.78 is 0. The van der Waals surface area contributed by atoms with E-state index in [1.165, 1.54) is 6.08 Å². The van der Waals surface area contributed by atoms with Gasteiger partial charge in [-0.1, -0.05) is 44.2 Å².